The Morgan fingerprint density at radius 2 is 1.80 bits per heavy atom. The van der Waals surface area contributed by atoms with Crippen molar-refractivity contribution in [1.29, 1.82) is 0 Å². The van der Waals surface area contributed by atoms with Gasteiger partial charge in [-0.2, -0.15) is 18.3 Å². The fourth-order valence-electron chi connectivity index (χ4n) is 3.18. The first-order chi connectivity index (χ1) is 14.3. The normalized spacial score (nSPS) is 12.1. The lowest BCUT2D eigenvalue weighted by molar-refractivity contribution is -0.137. The Bertz CT molecular complexity index is 1160. The Kier molecular flexibility index (Phi) is 5.56. The summed E-state index contributed by atoms with van der Waals surface area (Å²) in [5.74, 6) is 0.850. The molecule has 0 fully saturated rings. The Hall–Kier alpha value is -2.80. The van der Waals surface area contributed by atoms with Crippen LogP contribution in [0.3, 0.4) is 0 Å². The van der Waals surface area contributed by atoms with Crippen LogP contribution in [0.25, 0.3) is 16.8 Å². The van der Waals surface area contributed by atoms with E-state index in [4.69, 9.17) is 0 Å². The third-order valence-corrected chi connectivity index (χ3v) is 5.92. The van der Waals surface area contributed by atoms with Crippen LogP contribution in [0.15, 0.2) is 72.0 Å². The molecule has 3 nitrogen and oxygen atoms in total. The first kappa shape index (κ1) is 20.5. The number of hydrogen-bond donors (Lipinski definition) is 0. The molecule has 0 amide bonds. The number of hydrogen-bond acceptors (Lipinski definition) is 3. The van der Waals surface area contributed by atoms with Crippen LogP contribution in [0.4, 0.5) is 13.2 Å². The molecule has 0 spiro atoms. The number of halogens is 3. The van der Waals surface area contributed by atoms with Crippen LogP contribution >= 0.6 is 11.8 Å². The quantitative estimate of drug-likeness (QED) is 0.327. The number of aromatic nitrogens is 3. The van der Waals surface area contributed by atoms with Gasteiger partial charge in [0, 0.05) is 23.7 Å². The maximum atomic E-state index is 12.9. The SMILES string of the molecule is CC(C)c1ccc(-c2cc3c(SCc4cccc(C(F)(F)F)c4)nccn3n2)cc1. The Balaban J connectivity index is 1.58. The van der Waals surface area contributed by atoms with Gasteiger partial charge >= 0.3 is 6.18 Å². The maximum Gasteiger partial charge on any atom is 0.416 e. The van der Waals surface area contributed by atoms with Crippen LogP contribution in [0.5, 0.6) is 0 Å². The van der Waals surface area contributed by atoms with Crippen LogP contribution in [-0.2, 0) is 11.9 Å². The van der Waals surface area contributed by atoms with Gasteiger partial charge < -0.3 is 0 Å². The smallest absolute Gasteiger partial charge is 0.246 e. The molecular formula is C23H20F3N3S. The van der Waals surface area contributed by atoms with E-state index in [9.17, 15) is 13.2 Å². The predicted octanol–water partition coefficient (Wildman–Crippen LogP) is 6.83. The van der Waals surface area contributed by atoms with Crippen LogP contribution < -0.4 is 0 Å². The lowest BCUT2D eigenvalue weighted by Gasteiger charge is -2.08. The summed E-state index contributed by atoms with van der Waals surface area (Å²) in [6.07, 6.45) is -0.916. The zero-order valence-electron chi connectivity index (χ0n) is 16.5. The summed E-state index contributed by atoms with van der Waals surface area (Å²) in [5, 5.41) is 5.36. The van der Waals surface area contributed by atoms with Gasteiger partial charge in [-0.15, -0.1) is 0 Å². The second-order valence-corrected chi connectivity index (χ2v) is 8.32. The van der Waals surface area contributed by atoms with Gasteiger partial charge in [0.1, 0.15) is 5.03 Å². The lowest BCUT2D eigenvalue weighted by Crippen LogP contribution is -2.04. The molecular weight excluding hydrogens is 407 g/mol. The van der Waals surface area contributed by atoms with E-state index in [1.807, 2.05) is 6.07 Å². The van der Waals surface area contributed by atoms with Crippen molar-refractivity contribution in [2.24, 2.45) is 0 Å². The Morgan fingerprint density at radius 1 is 1.03 bits per heavy atom. The van der Waals surface area contributed by atoms with Gasteiger partial charge in [-0.1, -0.05) is 68.1 Å². The van der Waals surface area contributed by atoms with Gasteiger partial charge in [-0.05, 0) is 29.2 Å². The van der Waals surface area contributed by atoms with Gasteiger partial charge in [-0.25, -0.2) is 9.50 Å². The maximum absolute atomic E-state index is 12.9. The molecule has 7 heteroatoms. The van der Waals surface area contributed by atoms with Crippen molar-refractivity contribution >= 4 is 17.3 Å². The zero-order valence-corrected chi connectivity index (χ0v) is 17.3. The van der Waals surface area contributed by atoms with E-state index in [0.717, 1.165) is 27.9 Å². The molecule has 0 atom stereocenters. The number of benzene rings is 2. The second-order valence-electron chi connectivity index (χ2n) is 7.36. The average molecular weight is 427 g/mol. The minimum Gasteiger partial charge on any atom is -0.246 e. The molecule has 0 saturated carbocycles. The van der Waals surface area contributed by atoms with E-state index in [-0.39, 0.29) is 0 Å². The third-order valence-electron chi connectivity index (χ3n) is 4.86. The topological polar surface area (TPSA) is 30.2 Å². The Labute approximate surface area is 177 Å². The van der Waals surface area contributed by atoms with Gasteiger partial charge in [0.15, 0.2) is 0 Å². The van der Waals surface area contributed by atoms with E-state index in [1.54, 1.807) is 23.0 Å². The summed E-state index contributed by atoms with van der Waals surface area (Å²) in [5.41, 5.74) is 3.90. The van der Waals surface area contributed by atoms with Gasteiger partial charge in [0.2, 0.25) is 0 Å². The van der Waals surface area contributed by atoms with Gasteiger partial charge in [0.05, 0.1) is 16.8 Å². The average Bonchev–Trinajstić information content (AvgIpc) is 3.17. The van der Waals surface area contributed by atoms with Crippen LogP contribution in [0.1, 0.15) is 36.5 Å². The summed E-state index contributed by atoms with van der Waals surface area (Å²) in [7, 11) is 0. The van der Waals surface area contributed by atoms with E-state index >= 15 is 0 Å². The second kappa shape index (κ2) is 8.14. The molecule has 4 rings (SSSR count). The molecule has 154 valence electrons. The summed E-state index contributed by atoms with van der Waals surface area (Å²) in [6, 6.07) is 15.7. The highest BCUT2D eigenvalue weighted by Gasteiger charge is 2.30. The van der Waals surface area contributed by atoms with Crippen LogP contribution in [0.2, 0.25) is 0 Å². The van der Waals surface area contributed by atoms with Crippen molar-refractivity contribution in [2.45, 2.75) is 36.7 Å². The minimum absolute atomic E-state index is 0.389. The van der Waals surface area contributed by atoms with Gasteiger partial charge in [0.25, 0.3) is 0 Å². The molecule has 0 radical (unpaired) electrons. The van der Waals surface area contributed by atoms with Crippen molar-refractivity contribution in [3.8, 4) is 11.3 Å². The van der Waals surface area contributed by atoms with E-state index in [1.165, 1.54) is 29.5 Å². The molecule has 0 unspecified atom stereocenters. The molecule has 4 aromatic rings. The largest absolute Gasteiger partial charge is 0.416 e. The van der Waals surface area contributed by atoms with Crippen molar-refractivity contribution in [3.05, 3.63) is 83.7 Å². The molecule has 2 aromatic heterocycles. The zero-order chi connectivity index (χ0) is 21.3. The van der Waals surface area contributed by atoms with Gasteiger partial charge in [-0.3, -0.25) is 0 Å². The number of thioether (sulfide) groups is 1. The molecule has 0 aliphatic heterocycles. The minimum atomic E-state index is -4.34. The van der Waals surface area contributed by atoms with Crippen molar-refractivity contribution in [3.63, 3.8) is 0 Å². The number of nitrogens with zero attached hydrogens (tertiary/aromatic N) is 3. The van der Waals surface area contributed by atoms with Crippen molar-refractivity contribution < 1.29 is 13.2 Å². The molecule has 0 N–H and O–H groups in total. The van der Waals surface area contributed by atoms with Crippen molar-refractivity contribution in [1.82, 2.24) is 14.6 Å². The summed E-state index contributed by atoms with van der Waals surface area (Å²) in [6.45, 7) is 4.30. The highest BCUT2D eigenvalue weighted by Crippen LogP contribution is 2.32. The molecule has 2 aromatic carbocycles. The monoisotopic (exact) mass is 427 g/mol. The number of alkyl halides is 3. The van der Waals surface area contributed by atoms with Crippen molar-refractivity contribution in [2.75, 3.05) is 0 Å². The fourth-order valence-corrected chi connectivity index (χ4v) is 4.10. The first-order valence-corrected chi connectivity index (χ1v) is 10.5. The van der Waals surface area contributed by atoms with Crippen LogP contribution in [-0.4, -0.2) is 14.6 Å². The Morgan fingerprint density at radius 3 is 2.50 bits per heavy atom. The fraction of sp³-hybridized carbons (Fsp3) is 0.217. The standard InChI is InChI=1S/C23H20F3N3S/c1-15(2)17-6-8-18(9-7-17)20-13-21-22(27-10-11-29(21)28-20)30-14-16-4-3-5-19(12-16)23(24,25)26/h3-13,15H,14H2,1-2H3. The number of fused-ring (bicyclic) bond motifs is 1. The number of rotatable bonds is 5. The summed E-state index contributed by atoms with van der Waals surface area (Å²) in [4.78, 5) is 4.42. The highest BCUT2D eigenvalue weighted by atomic mass is 32.2. The first-order valence-electron chi connectivity index (χ1n) is 9.55. The van der Waals surface area contributed by atoms with E-state index in [2.05, 4.69) is 48.2 Å². The highest BCUT2D eigenvalue weighted by molar-refractivity contribution is 7.98. The summed E-state index contributed by atoms with van der Waals surface area (Å²) < 4.78 is 40.6. The van der Waals surface area contributed by atoms with E-state index < -0.39 is 11.7 Å². The third kappa shape index (κ3) is 4.36. The molecule has 0 aliphatic rings. The molecule has 0 saturated heterocycles. The lowest BCUT2D eigenvalue weighted by atomic mass is 10.0. The molecule has 2 heterocycles. The molecule has 0 bridgehead atoms. The predicted molar refractivity (Wildman–Crippen MR) is 114 cm³/mol. The van der Waals surface area contributed by atoms with E-state index in [0.29, 0.717) is 17.2 Å². The molecule has 0 aliphatic carbocycles. The van der Waals surface area contributed by atoms with Crippen LogP contribution in [0, 0.1) is 0 Å². The molecule has 30 heavy (non-hydrogen) atoms. The summed E-state index contributed by atoms with van der Waals surface area (Å²) >= 11 is 1.40.